The van der Waals surface area contributed by atoms with Crippen LogP contribution in [0.2, 0.25) is 0 Å². The molecule has 0 aromatic heterocycles. The van der Waals surface area contributed by atoms with Gasteiger partial charge in [-0.1, -0.05) is 48.5 Å². The van der Waals surface area contributed by atoms with Gasteiger partial charge in [-0.15, -0.1) is 13.2 Å². The van der Waals surface area contributed by atoms with Crippen LogP contribution in [0.5, 0.6) is 0 Å². The Kier molecular flexibility index (Phi) is 12.4. The van der Waals surface area contributed by atoms with E-state index < -0.39 is 0 Å². The fourth-order valence-corrected chi connectivity index (χ4v) is 5.13. The molecule has 0 radical (unpaired) electrons. The van der Waals surface area contributed by atoms with Gasteiger partial charge in [-0.25, -0.2) is 0 Å². The smallest absolute Gasteiger partial charge is 0.136 e. The molecule has 0 N–H and O–H groups in total. The van der Waals surface area contributed by atoms with E-state index in [4.69, 9.17) is 18.9 Å². The van der Waals surface area contributed by atoms with E-state index in [1.54, 1.807) is 26.0 Å². The number of allylic oxidation sites excluding steroid dienone is 2. The third kappa shape index (κ3) is 7.86. The summed E-state index contributed by atoms with van der Waals surface area (Å²) in [5.74, 6) is 0.233. The number of benzene rings is 1. The minimum atomic E-state index is -0.145. The summed E-state index contributed by atoms with van der Waals surface area (Å²) < 4.78 is 24.5. The molecule has 1 saturated heterocycles. The third-order valence-corrected chi connectivity index (χ3v) is 6.67. The molecule has 1 heterocycles. The normalized spacial score (nSPS) is 26.4. The van der Waals surface area contributed by atoms with E-state index in [0.717, 1.165) is 50.0 Å². The number of thioether (sulfide) groups is 1. The second-order valence-electron chi connectivity index (χ2n) is 7.62. The van der Waals surface area contributed by atoms with Crippen molar-refractivity contribution in [1.82, 2.24) is 0 Å². The molecule has 1 aliphatic rings. The highest BCUT2D eigenvalue weighted by Gasteiger charge is 2.46. The van der Waals surface area contributed by atoms with Gasteiger partial charge in [0.15, 0.2) is 0 Å². The molecule has 1 aliphatic heterocycles. The van der Waals surface area contributed by atoms with Crippen molar-refractivity contribution < 1.29 is 18.9 Å². The highest BCUT2D eigenvalue weighted by molar-refractivity contribution is 7.99. The molecule has 0 aliphatic carbocycles. The van der Waals surface area contributed by atoms with Crippen LogP contribution in [-0.4, -0.2) is 51.2 Å². The first-order valence-electron chi connectivity index (χ1n) is 11.0. The Morgan fingerprint density at radius 2 is 1.67 bits per heavy atom. The van der Waals surface area contributed by atoms with Crippen molar-refractivity contribution >= 4 is 11.8 Å². The van der Waals surface area contributed by atoms with E-state index in [-0.39, 0.29) is 29.7 Å². The number of hydrogen-bond donors (Lipinski definition) is 0. The van der Waals surface area contributed by atoms with Gasteiger partial charge in [0, 0.05) is 31.6 Å². The van der Waals surface area contributed by atoms with Crippen LogP contribution in [-0.2, 0) is 18.9 Å². The first kappa shape index (κ1) is 25.2. The van der Waals surface area contributed by atoms with Gasteiger partial charge in [0.1, 0.15) is 11.5 Å². The molecule has 2 rings (SSSR count). The summed E-state index contributed by atoms with van der Waals surface area (Å²) >= 11 is 1.69. The fourth-order valence-electron chi connectivity index (χ4n) is 3.95. The Balaban J connectivity index is 2.10. The lowest BCUT2D eigenvalue weighted by molar-refractivity contribution is -0.203. The number of unbranched alkanes of at least 4 members (excludes halogenated alkanes) is 3. The lowest BCUT2D eigenvalue weighted by Gasteiger charge is -2.45. The Labute approximate surface area is 187 Å². The lowest BCUT2D eigenvalue weighted by Crippen LogP contribution is -2.56. The molecule has 5 heteroatoms. The predicted octanol–water partition coefficient (Wildman–Crippen LogP) is 5.88. The minimum Gasteiger partial charge on any atom is -0.379 e. The Hall–Kier alpha value is -1.11. The van der Waals surface area contributed by atoms with Crippen molar-refractivity contribution in [2.75, 3.05) is 27.4 Å². The Bertz CT molecular complexity index is 594. The van der Waals surface area contributed by atoms with E-state index in [1.165, 1.54) is 0 Å². The van der Waals surface area contributed by atoms with Gasteiger partial charge < -0.3 is 18.9 Å². The van der Waals surface area contributed by atoms with Gasteiger partial charge in [0.05, 0.1) is 18.8 Å². The van der Waals surface area contributed by atoms with E-state index >= 15 is 0 Å². The van der Waals surface area contributed by atoms with Crippen molar-refractivity contribution in [3.8, 4) is 0 Å². The maximum atomic E-state index is 6.59. The summed E-state index contributed by atoms with van der Waals surface area (Å²) in [5.41, 5.74) is -0.145. The first-order valence-corrected chi connectivity index (χ1v) is 11.8. The Morgan fingerprint density at radius 3 is 2.33 bits per heavy atom. The minimum absolute atomic E-state index is 0.0185. The van der Waals surface area contributed by atoms with Crippen LogP contribution in [0.15, 0.2) is 60.5 Å². The molecule has 5 atom stereocenters. The van der Waals surface area contributed by atoms with Crippen molar-refractivity contribution in [3.05, 3.63) is 55.6 Å². The molecule has 0 bridgehead atoms. The average Bonchev–Trinajstić information content (AvgIpc) is 2.77. The molecular weight excluding hydrogens is 396 g/mol. The first-order chi connectivity index (χ1) is 14.7. The van der Waals surface area contributed by atoms with Crippen molar-refractivity contribution in [1.29, 1.82) is 0 Å². The standard InChI is InChI=1S/C25H38O4S/c1-5-7-9-13-17-21-22(19-28-18-14-8-6-2)29-25(24(27-4)23(21)26-3)30-20-15-11-10-12-16-20/h5-6,10-12,15-16,21-25H,1-2,7-9,13-14,17-19H2,3-4H3/t21-,22-,23+,24-,25+/m1/s1. The molecule has 0 amide bonds. The van der Waals surface area contributed by atoms with E-state index in [9.17, 15) is 0 Å². The summed E-state index contributed by atoms with van der Waals surface area (Å²) in [6, 6.07) is 10.3. The topological polar surface area (TPSA) is 36.9 Å². The maximum Gasteiger partial charge on any atom is 0.136 e. The zero-order chi connectivity index (χ0) is 21.6. The van der Waals surface area contributed by atoms with Crippen LogP contribution in [0.4, 0.5) is 0 Å². The molecular formula is C25H38O4S. The number of rotatable bonds is 15. The summed E-state index contributed by atoms with van der Waals surface area (Å²) in [6.45, 7) is 8.90. The summed E-state index contributed by atoms with van der Waals surface area (Å²) in [7, 11) is 3.53. The van der Waals surface area contributed by atoms with Crippen LogP contribution in [0.25, 0.3) is 0 Å². The summed E-state index contributed by atoms with van der Waals surface area (Å²) in [4.78, 5) is 1.16. The van der Waals surface area contributed by atoms with Crippen LogP contribution in [0.1, 0.15) is 38.5 Å². The highest BCUT2D eigenvalue weighted by Crippen LogP contribution is 2.39. The van der Waals surface area contributed by atoms with Gasteiger partial charge in [0.25, 0.3) is 0 Å². The number of ether oxygens (including phenoxy) is 4. The van der Waals surface area contributed by atoms with Gasteiger partial charge in [-0.2, -0.15) is 0 Å². The lowest BCUT2D eigenvalue weighted by atomic mass is 9.85. The van der Waals surface area contributed by atoms with E-state index in [2.05, 4.69) is 25.3 Å². The maximum absolute atomic E-state index is 6.59. The molecule has 1 fully saturated rings. The highest BCUT2D eigenvalue weighted by atomic mass is 32.2. The monoisotopic (exact) mass is 434 g/mol. The van der Waals surface area contributed by atoms with Crippen molar-refractivity contribution in [3.63, 3.8) is 0 Å². The third-order valence-electron chi connectivity index (χ3n) is 5.52. The fraction of sp³-hybridized carbons (Fsp3) is 0.600. The van der Waals surface area contributed by atoms with Gasteiger partial charge >= 0.3 is 0 Å². The molecule has 0 saturated carbocycles. The molecule has 0 spiro atoms. The quantitative estimate of drug-likeness (QED) is 0.254. The Morgan fingerprint density at radius 1 is 0.967 bits per heavy atom. The van der Waals surface area contributed by atoms with Crippen LogP contribution >= 0.6 is 11.8 Å². The average molecular weight is 435 g/mol. The molecule has 30 heavy (non-hydrogen) atoms. The molecule has 168 valence electrons. The second kappa shape index (κ2) is 14.8. The number of hydrogen-bond acceptors (Lipinski definition) is 5. The van der Waals surface area contributed by atoms with Gasteiger partial charge in [0.2, 0.25) is 0 Å². The SMILES string of the molecule is C=CCCCC[C@H]1[C@H](OC)[C@@H](OC)[C@H](Sc2ccccc2)O[C@@H]1COCCCC=C. The summed E-state index contributed by atoms with van der Waals surface area (Å²) in [5, 5.41) is 0. The van der Waals surface area contributed by atoms with Gasteiger partial charge in [-0.3, -0.25) is 0 Å². The second-order valence-corrected chi connectivity index (χ2v) is 8.79. The van der Waals surface area contributed by atoms with Crippen LogP contribution < -0.4 is 0 Å². The predicted molar refractivity (Wildman–Crippen MR) is 125 cm³/mol. The largest absolute Gasteiger partial charge is 0.379 e. The number of methoxy groups -OCH3 is 2. The molecule has 1 aromatic rings. The molecule has 1 aromatic carbocycles. The summed E-state index contributed by atoms with van der Waals surface area (Å²) in [6.07, 6.45) is 9.97. The van der Waals surface area contributed by atoms with Crippen molar-refractivity contribution in [2.45, 2.75) is 67.2 Å². The zero-order valence-corrected chi connectivity index (χ0v) is 19.4. The van der Waals surface area contributed by atoms with Crippen LogP contribution in [0, 0.1) is 5.92 Å². The van der Waals surface area contributed by atoms with Gasteiger partial charge in [-0.05, 0) is 44.2 Å². The molecule has 4 nitrogen and oxygen atoms in total. The van der Waals surface area contributed by atoms with Crippen LogP contribution in [0.3, 0.4) is 0 Å². The van der Waals surface area contributed by atoms with E-state index in [0.29, 0.717) is 6.61 Å². The zero-order valence-electron chi connectivity index (χ0n) is 18.5. The molecule has 0 unspecified atom stereocenters. The van der Waals surface area contributed by atoms with Crippen molar-refractivity contribution in [2.24, 2.45) is 5.92 Å². The van der Waals surface area contributed by atoms with E-state index in [1.807, 2.05) is 30.4 Å².